The van der Waals surface area contributed by atoms with Crippen molar-refractivity contribution in [2.45, 2.75) is 51.0 Å². The summed E-state index contributed by atoms with van der Waals surface area (Å²) in [5, 5.41) is 20.0. The fourth-order valence-corrected chi connectivity index (χ4v) is 4.44. The first kappa shape index (κ1) is 23.1. The Morgan fingerprint density at radius 2 is 1.94 bits per heavy atom. The molecule has 31 heavy (non-hydrogen) atoms. The molecule has 0 radical (unpaired) electrons. The van der Waals surface area contributed by atoms with Crippen LogP contribution in [0.2, 0.25) is 5.02 Å². The molecule has 1 aromatic carbocycles. The summed E-state index contributed by atoms with van der Waals surface area (Å²) < 4.78 is 1.94. The second kappa shape index (κ2) is 10.2. The number of pyridine rings is 1. The summed E-state index contributed by atoms with van der Waals surface area (Å²) in [7, 11) is 1.89. The van der Waals surface area contributed by atoms with Crippen molar-refractivity contribution in [2.24, 2.45) is 5.92 Å². The fourth-order valence-electron chi connectivity index (χ4n) is 4.27. The van der Waals surface area contributed by atoms with Crippen molar-refractivity contribution in [1.29, 1.82) is 0 Å². The summed E-state index contributed by atoms with van der Waals surface area (Å²) in [5.41, 5.74) is 2.55. The molecule has 0 aliphatic carbocycles. The summed E-state index contributed by atoms with van der Waals surface area (Å²) in [5.74, 6) is -0.980. The lowest BCUT2D eigenvalue weighted by molar-refractivity contribution is -0.407. The number of benzene rings is 1. The van der Waals surface area contributed by atoms with Crippen LogP contribution >= 0.6 is 11.6 Å². The predicted molar refractivity (Wildman–Crippen MR) is 119 cm³/mol. The van der Waals surface area contributed by atoms with Crippen molar-refractivity contribution in [1.82, 2.24) is 4.98 Å². The highest BCUT2D eigenvalue weighted by Crippen LogP contribution is 2.38. The Balaban J connectivity index is 1.77. The molecular weight excluding hydrogens is 416 g/mol. The van der Waals surface area contributed by atoms with E-state index in [-0.39, 0.29) is 24.5 Å². The Morgan fingerprint density at radius 3 is 2.61 bits per heavy atom. The third kappa shape index (κ3) is 5.57. The van der Waals surface area contributed by atoms with Crippen LogP contribution in [0.1, 0.15) is 62.2 Å². The largest absolute Gasteiger partial charge is 0.481 e. The molecule has 0 spiro atoms. The number of hydrogen-bond donors (Lipinski definition) is 2. The number of aliphatic hydroxyl groups is 1. The average Bonchev–Trinajstić information content (AvgIpc) is 2.99. The summed E-state index contributed by atoms with van der Waals surface area (Å²) >= 11 is 6.16. The first-order valence-corrected chi connectivity index (χ1v) is 10.9. The first-order valence-electron chi connectivity index (χ1n) is 10.5. The maximum Gasteiger partial charge on any atom is 0.327 e. The molecule has 6 nitrogen and oxygen atoms in total. The normalized spacial score (nSPS) is 17.4. The summed E-state index contributed by atoms with van der Waals surface area (Å²) in [6.45, 7) is 1.78. The van der Waals surface area contributed by atoms with Gasteiger partial charge in [-0.25, -0.2) is 4.58 Å². The third-order valence-electron chi connectivity index (χ3n) is 5.74. The summed E-state index contributed by atoms with van der Waals surface area (Å²) in [6.07, 6.45) is 3.02. The highest BCUT2D eigenvalue weighted by atomic mass is 35.5. The molecule has 3 rings (SSSR count). The molecule has 2 heterocycles. The van der Waals surface area contributed by atoms with Gasteiger partial charge in [-0.3, -0.25) is 9.59 Å². The van der Waals surface area contributed by atoms with Gasteiger partial charge in [-0.1, -0.05) is 48.9 Å². The smallest absolute Gasteiger partial charge is 0.327 e. The molecule has 3 atom stereocenters. The zero-order chi connectivity index (χ0) is 22.5. The number of aromatic nitrogens is 1. The maximum atomic E-state index is 13.2. The van der Waals surface area contributed by atoms with E-state index in [0.29, 0.717) is 30.1 Å². The number of halogens is 1. The SMILES string of the molecule is C[C@@H](CC(=O)O)CC(=O)C1C(CCCC(O)c2ccccc2)=[N+](C)c2ncc(Cl)cc21. The molecule has 2 N–H and O–H groups in total. The van der Waals surface area contributed by atoms with E-state index in [1.54, 1.807) is 19.2 Å². The van der Waals surface area contributed by atoms with Gasteiger partial charge in [-0.2, -0.15) is 0 Å². The Morgan fingerprint density at radius 1 is 1.23 bits per heavy atom. The molecule has 164 valence electrons. The minimum Gasteiger partial charge on any atom is -0.481 e. The number of ketones is 1. The number of carboxylic acids is 1. The Labute approximate surface area is 187 Å². The van der Waals surface area contributed by atoms with Gasteiger partial charge in [0, 0.05) is 19.3 Å². The lowest BCUT2D eigenvalue weighted by Gasteiger charge is -2.16. The van der Waals surface area contributed by atoms with Crippen LogP contribution in [0.25, 0.3) is 0 Å². The topological polar surface area (TPSA) is 90.5 Å². The van der Waals surface area contributed by atoms with Gasteiger partial charge in [-0.15, -0.1) is 0 Å². The second-order valence-electron chi connectivity index (χ2n) is 8.24. The van der Waals surface area contributed by atoms with Gasteiger partial charge in [0.15, 0.2) is 6.20 Å². The molecule has 0 fully saturated rings. The highest BCUT2D eigenvalue weighted by Gasteiger charge is 2.41. The van der Waals surface area contributed by atoms with Crippen LogP contribution in [0.3, 0.4) is 0 Å². The van der Waals surface area contributed by atoms with E-state index in [1.807, 2.05) is 42.0 Å². The number of aliphatic carboxylic acids is 1. The van der Waals surface area contributed by atoms with Gasteiger partial charge in [0.2, 0.25) is 0 Å². The molecule has 0 amide bonds. The van der Waals surface area contributed by atoms with Gasteiger partial charge >= 0.3 is 11.8 Å². The van der Waals surface area contributed by atoms with E-state index in [1.165, 1.54) is 0 Å². The molecular formula is C24H28ClN2O4+. The van der Waals surface area contributed by atoms with Gasteiger partial charge in [0.05, 0.1) is 29.4 Å². The Kier molecular flexibility index (Phi) is 7.57. The van der Waals surface area contributed by atoms with Crippen LogP contribution in [0, 0.1) is 5.92 Å². The Bertz CT molecular complexity index is 990. The van der Waals surface area contributed by atoms with E-state index in [0.717, 1.165) is 16.8 Å². The fraction of sp³-hybridized carbons (Fsp3) is 0.417. The molecule has 2 unspecified atom stereocenters. The zero-order valence-corrected chi connectivity index (χ0v) is 18.5. The second-order valence-corrected chi connectivity index (χ2v) is 8.68. The Hall–Kier alpha value is -2.57. The standard InChI is InChI=1S/C24H27ClN2O4/c1-15(12-22(30)31)11-21(29)23-18-13-17(25)14-26-24(18)27(2)19(23)9-6-10-20(28)16-7-4-3-5-8-16/h3-5,7-8,13-15,20,23,28H,6,9-12H2,1-2H3/p+1/t15-,20?,23?/m1/s1. The molecule has 0 bridgehead atoms. The van der Waals surface area contributed by atoms with Crippen molar-refractivity contribution in [3.8, 4) is 0 Å². The molecule has 1 aromatic heterocycles. The first-order chi connectivity index (χ1) is 14.8. The number of fused-ring (bicyclic) bond motifs is 1. The monoisotopic (exact) mass is 443 g/mol. The molecule has 1 aliphatic rings. The van der Waals surface area contributed by atoms with Crippen LogP contribution in [0.15, 0.2) is 42.6 Å². The molecule has 7 heteroatoms. The van der Waals surface area contributed by atoms with Crippen molar-refractivity contribution in [2.75, 3.05) is 7.05 Å². The molecule has 0 saturated carbocycles. The molecule has 1 aliphatic heterocycles. The van der Waals surface area contributed by atoms with Gasteiger partial charge < -0.3 is 10.2 Å². The van der Waals surface area contributed by atoms with E-state index >= 15 is 0 Å². The van der Waals surface area contributed by atoms with Crippen LogP contribution in [0.5, 0.6) is 0 Å². The van der Waals surface area contributed by atoms with Crippen molar-refractivity contribution in [3.05, 3.63) is 58.7 Å². The number of aliphatic hydroxyl groups excluding tert-OH is 1. The number of nitrogens with zero attached hydrogens (tertiary/aromatic N) is 2. The van der Waals surface area contributed by atoms with Crippen molar-refractivity contribution in [3.63, 3.8) is 0 Å². The van der Waals surface area contributed by atoms with Gasteiger partial charge in [0.25, 0.3) is 0 Å². The number of carbonyl (C=O) groups excluding carboxylic acids is 1. The highest BCUT2D eigenvalue weighted by molar-refractivity contribution is 6.30. The minimum atomic E-state index is -0.909. The number of carboxylic acid groups (broad SMARTS) is 1. The van der Waals surface area contributed by atoms with Gasteiger partial charge in [0.1, 0.15) is 11.7 Å². The quantitative estimate of drug-likeness (QED) is 0.527. The number of hydrogen-bond acceptors (Lipinski definition) is 4. The maximum absolute atomic E-state index is 13.2. The van der Waals surface area contributed by atoms with Crippen LogP contribution in [0.4, 0.5) is 5.82 Å². The van der Waals surface area contributed by atoms with E-state index in [4.69, 9.17) is 16.7 Å². The van der Waals surface area contributed by atoms with Crippen molar-refractivity contribution < 1.29 is 24.4 Å². The number of carbonyl (C=O) groups is 2. The summed E-state index contributed by atoms with van der Waals surface area (Å²) in [6, 6.07) is 11.3. The third-order valence-corrected chi connectivity index (χ3v) is 5.95. The van der Waals surface area contributed by atoms with Crippen LogP contribution < -0.4 is 0 Å². The predicted octanol–water partition coefficient (Wildman–Crippen LogP) is 4.52. The molecule has 0 saturated heterocycles. The minimum absolute atomic E-state index is 0.0259. The lowest BCUT2D eigenvalue weighted by Crippen LogP contribution is -2.24. The van der Waals surface area contributed by atoms with E-state index in [2.05, 4.69) is 4.98 Å². The van der Waals surface area contributed by atoms with E-state index in [9.17, 15) is 14.7 Å². The number of rotatable bonds is 10. The average molecular weight is 444 g/mol. The van der Waals surface area contributed by atoms with Crippen LogP contribution in [-0.4, -0.2) is 44.3 Å². The van der Waals surface area contributed by atoms with E-state index < -0.39 is 18.0 Å². The summed E-state index contributed by atoms with van der Waals surface area (Å²) in [4.78, 5) is 28.7. The van der Waals surface area contributed by atoms with Crippen molar-refractivity contribution >= 4 is 34.9 Å². The molecule has 2 aromatic rings. The van der Waals surface area contributed by atoms with Crippen LogP contribution in [-0.2, 0) is 9.59 Å². The zero-order valence-electron chi connectivity index (χ0n) is 17.8. The van der Waals surface area contributed by atoms with Gasteiger partial charge in [-0.05, 0) is 35.4 Å². The lowest BCUT2D eigenvalue weighted by atomic mass is 9.85. The number of Topliss-reactive ketones (excluding diaryl/α,β-unsaturated/α-hetero) is 1.